The van der Waals surface area contributed by atoms with E-state index >= 15 is 0 Å². The molecule has 2 aromatic carbocycles. The van der Waals surface area contributed by atoms with Crippen LogP contribution in [0.4, 0.5) is 11.5 Å². The molecule has 0 amide bonds. The number of rotatable bonds is 7. The summed E-state index contributed by atoms with van der Waals surface area (Å²) in [6.45, 7) is 7.98. The number of hydrogen-bond acceptors (Lipinski definition) is 5. The number of carbonyl (C=O) groups excluding carboxylic acids is 1. The number of aromatic nitrogens is 2. The first-order valence-corrected chi connectivity index (χ1v) is 10.1. The Balaban J connectivity index is 2.02. The van der Waals surface area contributed by atoms with Gasteiger partial charge in [-0.25, -0.2) is 14.8 Å². The zero-order valence-corrected chi connectivity index (χ0v) is 18.1. The van der Waals surface area contributed by atoms with Gasteiger partial charge >= 0.3 is 5.97 Å². The van der Waals surface area contributed by atoms with Crippen molar-refractivity contribution in [3.63, 3.8) is 0 Å². The SMILES string of the molecule is C=CCc1c(C)nc(-c2ccc(Cl)cc2)nc1N(C)c1ccc(C(=O)OCC)cc1. The summed E-state index contributed by atoms with van der Waals surface area (Å²) in [5, 5.41) is 0.665. The average Bonchev–Trinajstić information content (AvgIpc) is 2.75. The number of halogens is 1. The summed E-state index contributed by atoms with van der Waals surface area (Å²) in [6, 6.07) is 14.7. The van der Waals surface area contributed by atoms with Gasteiger partial charge in [-0.05, 0) is 68.8 Å². The molecule has 0 N–H and O–H groups in total. The molecule has 1 heterocycles. The van der Waals surface area contributed by atoms with Crippen LogP contribution >= 0.6 is 11.6 Å². The Morgan fingerprint density at radius 1 is 1.13 bits per heavy atom. The number of benzene rings is 2. The lowest BCUT2D eigenvalue weighted by atomic mass is 10.1. The molecule has 0 unspecified atom stereocenters. The molecule has 0 radical (unpaired) electrons. The molecule has 0 saturated heterocycles. The van der Waals surface area contributed by atoms with Gasteiger partial charge in [-0.15, -0.1) is 6.58 Å². The quantitative estimate of drug-likeness (QED) is 0.357. The van der Waals surface area contributed by atoms with Gasteiger partial charge in [-0.2, -0.15) is 0 Å². The number of ether oxygens (including phenoxy) is 1. The van der Waals surface area contributed by atoms with E-state index in [1.54, 1.807) is 19.1 Å². The molecule has 30 heavy (non-hydrogen) atoms. The molecule has 1 aromatic heterocycles. The van der Waals surface area contributed by atoms with Gasteiger partial charge in [0.1, 0.15) is 5.82 Å². The monoisotopic (exact) mass is 421 g/mol. The summed E-state index contributed by atoms with van der Waals surface area (Å²) >= 11 is 6.02. The maximum atomic E-state index is 11.9. The Labute approximate surface area is 182 Å². The minimum atomic E-state index is -0.332. The molecule has 5 nitrogen and oxygen atoms in total. The normalized spacial score (nSPS) is 10.5. The summed E-state index contributed by atoms with van der Waals surface area (Å²) in [6.07, 6.45) is 2.49. The molecule has 0 bridgehead atoms. The molecule has 0 saturated carbocycles. The van der Waals surface area contributed by atoms with E-state index in [1.807, 2.05) is 61.3 Å². The van der Waals surface area contributed by atoms with E-state index in [0.717, 1.165) is 28.3 Å². The number of nitrogens with zero attached hydrogens (tertiary/aromatic N) is 3. The molecule has 0 aliphatic rings. The molecule has 3 aromatic rings. The standard InChI is InChI=1S/C24H24ClN3O2/c1-5-7-21-16(3)26-22(17-8-12-19(25)13-9-17)27-23(21)28(4)20-14-10-18(11-15-20)24(29)30-6-2/h5,8-15H,1,6-7H2,2-4H3. The first-order chi connectivity index (χ1) is 14.4. The molecule has 0 fully saturated rings. The fourth-order valence-electron chi connectivity index (χ4n) is 3.13. The van der Waals surface area contributed by atoms with Crippen LogP contribution in [-0.4, -0.2) is 29.6 Å². The zero-order chi connectivity index (χ0) is 21.7. The number of anilines is 2. The average molecular weight is 422 g/mol. The Morgan fingerprint density at radius 3 is 2.40 bits per heavy atom. The van der Waals surface area contributed by atoms with E-state index < -0.39 is 0 Å². The fraction of sp³-hybridized carbons (Fsp3) is 0.208. The maximum Gasteiger partial charge on any atom is 0.338 e. The Morgan fingerprint density at radius 2 is 1.80 bits per heavy atom. The molecule has 0 spiro atoms. The molecule has 0 aliphatic carbocycles. The van der Waals surface area contributed by atoms with Crippen molar-refractivity contribution in [2.45, 2.75) is 20.3 Å². The van der Waals surface area contributed by atoms with Gasteiger partial charge in [0.05, 0.1) is 12.2 Å². The highest BCUT2D eigenvalue weighted by Crippen LogP contribution is 2.30. The van der Waals surface area contributed by atoms with Gasteiger partial charge in [0.2, 0.25) is 0 Å². The summed E-state index contributed by atoms with van der Waals surface area (Å²) in [4.78, 5) is 23.5. The summed E-state index contributed by atoms with van der Waals surface area (Å²) in [7, 11) is 1.94. The van der Waals surface area contributed by atoms with Crippen LogP contribution in [0.2, 0.25) is 5.02 Å². The van der Waals surface area contributed by atoms with Gasteiger partial charge in [0.15, 0.2) is 5.82 Å². The van der Waals surface area contributed by atoms with E-state index in [2.05, 4.69) is 6.58 Å². The third-order valence-electron chi connectivity index (χ3n) is 4.73. The van der Waals surface area contributed by atoms with Gasteiger partial charge in [-0.1, -0.05) is 17.7 Å². The Hall–Kier alpha value is -3.18. The topological polar surface area (TPSA) is 55.3 Å². The largest absolute Gasteiger partial charge is 0.462 e. The van der Waals surface area contributed by atoms with Crippen LogP contribution < -0.4 is 4.90 Å². The van der Waals surface area contributed by atoms with E-state index in [0.29, 0.717) is 29.4 Å². The van der Waals surface area contributed by atoms with Crippen LogP contribution in [-0.2, 0) is 11.2 Å². The number of allylic oxidation sites excluding steroid dienone is 1. The molecular weight excluding hydrogens is 398 g/mol. The van der Waals surface area contributed by atoms with Crippen LogP contribution in [0.25, 0.3) is 11.4 Å². The first kappa shape index (κ1) is 21.5. The number of esters is 1. The predicted octanol–water partition coefficient (Wildman–Crippen LogP) is 5.78. The zero-order valence-electron chi connectivity index (χ0n) is 17.4. The maximum absolute atomic E-state index is 11.9. The van der Waals surface area contributed by atoms with Gasteiger partial charge in [-0.3, -0.25) is 0 Å². The van der Waals surface area contributed by atoms with Crippen molar-refractivity contribution in [1.29, 1.82) is 0 Å². The van der Waals surface area contributed by atoms with E-state index in [4.69, 9.17) is 26.3 Å². The second-order valence-electron chi connectivity index (χ2n) is 6.76. The van der Waals surface area contributed by atoms with Gasteiger partial charge in [0.25, 0.3) is 0 Å². The van der Waals surface area contributed by atoms with Crippen molar-refractivity contribution in [3.05, 3.63) is 83.0 Å². The third kappa shape index (κ3) is 4.69. The summed E-state index contributed by atoms with van der Waals surface area (Å²) in [5.41, 5.74) is 4.19. The van der Waals surface area contributed by atoms with Crippen LogP contribution in [0.15, 0.2) is 61.2 Å². The molecule has 0 atom stereocenters. The fourth-order valence-corrected chi connectivity index (χ4v) is 3.25. The van der Waals surface area contributed by atoms with Crippen LogP contribution in [0, 0.1) is 6.92 Å². The second kappa shape index (κ2) is 9.55. The summed E-state index contributed by atoms with van der Waals surface area (Å²) in [5.74, 6) is 1.08. The van der Waals surface area contributed by atoms with Crippen LogP contribution in [0.1, 0.15) is 28.5 Å². The molecule has 3 rings (SSSR count). The molecule has 0 aliphatic heterocycles. The van der Waals surface area contributed by atoms with Crippen LogP contribution in [0.5, 0.6) is 0 Å². The second-order valence-corrected chi connectivity index (χ2v) is 7.20. The summed E-state index contributed by atoms with van der Waals surface area (Å²) < 4.78 is 5.06. The van der Waals surface area contributed by atoms with Crippen molar-refractivity contribution in [2.75, 3.05) is 18.6 Å². The Bertz CT molecular complexity index is 1050. The highest BCUT2D eigenvalue weighted by molar-refractivity contribution is 6.30. The highest BCUT2D eigenvalue weighted by atomic mass is 35.5. The van der Waals surface area contributed by atoms with Crippen molar-refractivity contribution in [1.82, 2.24) is 9.97 Å². The lowest BCUT2D eigenvalue weighted by Gasteiger charge is -2.23. The van der Waals surface area contributed by atoms with Gasteiger partial charge < -0.3 is 9.64 Å². The Kier molecular flexibility index (Phi) is 6.85. The molecule has 6 heteroatoms. The van der Waals surface area contributed by atoms with Crippen molar-refractivity contribution < 1.29 is 9.53 Å². The number of aryl methyl sites for hydroxylation is 1. The third-order valence-corrected chi connectivity index (χ3v) is 4.98. The highest BCUT2D eigenvalue weighted by Gasteiger charge is 2.17. The van der Waals surface area contributed by atoms with E-state index in [1.165, 1.54) is 0 Å². The van der Waals surface area contributed by atoms with Crippen molar-refractivity contribution >= 4 is 29.1 Å². The lowest BCUT2D eigenvalue weighted by molar-refractivity contribution is 0.0526. The molecular formula is C24H24ClN3O2. The van der Waals surface area contributed by atoms with E-state index in [9.17, 15) is 4.79 Å². The first-order valence-electron chi connectivity index (χ1n) is 9.69. The minimum absolute atomic E-state index is 0.332. The molecule has 154 valence electrons. The number of carbonyl (C=O) groups is 1. The van der Waals surface area contributed by atoms with Crippen LogP contribution in [0.3, 0.4) is 0 Å². The smallest absolute Gasteiger partial charge is 0.338 e. The van der Waals surface area contributed by atoms with E-state index in [-0.39, 0.29) is 5.97 Å². The van der Waals surface area contributed by atoms with Gasteiger partial charge in [0, 0.05) is 34.6 Å². The minimum Gasteiger partial charge on any atom is -0.462 e. The van der Waals surface area contributed by atoms with Crippen molar-refractivity contribution in [3.8, 4) is 11.4 Å². The number of hydrogen-bond donors (Lipinski definition) is 0. The predicted molar refractivity (Wildman–Crippen MR) is 122 cm³/mol. The van der Waals surface area contributed by atoms with Crippen molar-refractivity contribution in [2.24, 2.45) is 0 Å². The lowest BCUT2D eigenvalue weighted by Crippen LogP contribution is -2.16.